The molecule has 2 aliphatic rings. The molecule has 0 heterocycles. The number of rotatable bonds is 3. The topological polar surface area (TPSA) is 18.5 Å². The summed E-state index contributed by atoms with van der Waals surface area (Å²) >= 11 is 6.53. The van der Waals surface area contributed by atoms with Crippen molar-refractivity contribution >= 4 is 11.6 Å². The predicted molar refractivity (Wildman–Crippen MR) is 81.9 cm³/mol. The van der Waals surface area contributed by atoms with Crippen LogP contribution in [0, 0.1) is 12.3 Å². The first-order valence-electron chi connectivity index (χ1n) is 7.61. The van der Waals surface area contributed by atoms with E-state index in [1.807, 2.05) is 12.1 Å². The van der Waals surface area contributed by atoms with Crippen LogP contribution in [0.5, 0.6) is 11.5 Å². The van der Waals surface area contributed by atoms with Crippen molar-refractivity contribution in [2.24, 2.45) is 5.41 Å². The van der Waals surface area contributed by atoms with Gasteiger partial charge in [0.1, 0.15) is 6.10 Å². The Hall–Kier alpha value is -0.890. The van der Waals surface area contributed by atoms with Crippen LogP contribution < -0.4 is 9.47 Å². The Labute approximate surface area is 126 Å². The molecule has 2 nitrogen and oxygen atoms in total. The maximum Gasteiger partial charge on any atom is 0.161 e. The van der Waals surface area contributed by atoms with Crippen molar-refractivity contribution in [1.29, 1.82) is 0 Å². The van der Waals surface area contributed by atoms with E-state index in [1.54, 1.807) is 7.11 Å². The molecule has 0 aliphatic heterocycles. The lowest BCUT2D eigenvalue weighted by Crippen LogP contribution is -2.58. The predicted octanol–water partition coefficient (Wildman–Crippen LogP) is 4.71. The summed E-state index contributed by atoms with van der Waals surface area (Å²) in [6.45, 7) is 2.06. The van der Waals surface area contributed by atoms with Gasteiger partial charge in [-0.05, 0) is 37.5 Å². The third-order valence-electron chi connectivity index (χ3n) is 5.06. The van der Waals surface area contributed by atoms with Crippen molar-refractivity contribution < 1.29 is 9.47 Å². The van der Waals surface area contributed by atoms with Crippen molar-refractivity contribution in [2.45, 2.75) is 56.9 Å². The van der Waals surface area contributed by atoms with Gasteiger partial charge in [0.05, 0.1) is 7.11 Å². The molecule has 110 valence electrons. The molecule has 1 aromatic rings. The molecule has 0 radical (unpaired) electrons. The lowest BCUT2D eigenvalue weighted by molar-refractivity contribution is -0.0659. The molecule has 2 fully saturated rings. The highest BCUT2D eigenvalue weighted by atomic mass is 35.5. The van der Waals surface area contributed by atoms with Gasteiger partial charge in [0.15, 0.2) is 11.5 Å². The van der Waals surface area contributed by atoms with E-state index in [-0.39, 0.29) is 16.9 Å². The maximum absolute atomic E-state index is 6.53. The summed E-state index contributed by atoms with van der Waals surface area (Å²) in [6, 6.07) is 6.12. The average molecular weight is 295 g/mol. The van der Waals surface area contributed by atoms with Gasteiger partial charge in [-0.2, -0.15) is 0 Å². The second-order valence-corrected chi connectivity index (χ2v) is 6.78. The second kappa shape index (κ2) is 5.48. The fourth-order valence-corrected chi connectivity index (χ4v) is 4.26. The summed E-state index contributed by atoms with van der Waals surface area (Å²) < 4.78 is 11.7. The molecule has 0 aromatic heterocycles. The van der Waals surface area contributed by atoms with E-state index in [0.717, 1.165) is 17.9 Å². The lowest BCUT2D eigenvalue weighted by Gasteiger charge is -2.55. The van der Waals surface area contributed by atoms with Crippen molar-refractivity contribution in [3.8, 4) is 11.5 Å². The second-order valence-electron chi connectivity index (χ2n) is 6.26. The monoisotopic (exact) mass is 294 g/mol. The van der Waals surface area contributed by atoms with Gasteiger partial charge >= 0.3 is 0 Å². The summed E-state index contributed by atoms with van der Waals surface area (Å²) in [5.41, 5.74) is 1.39. The number of methoxy groups -OCH3 is 1. The summed E-state index contributed by atoms with van der Waals surface area (Å²) in [5.74, 6) is 1.69. The van der Waals surface area contributed by atoms with E-state index in [1.165, 1.54) is 37.7 Å². The lowest BCUT2D eigenvalue weighted by atomic mass is 9.58. The van der Waals surface area contributed by atoms with Crippen LogP contribution >= 0.6 is 11.6 Å². The Morgan fingerprint density at radius 1 is 1.15 bits per heavy atom. The standard InChI is InChI=1S/C17H23ClO2/c1-12-6-7-13(14(10-12)19-2)20-16-11-15(18)17(16)8-4-3-5-9-17/h6-7,10,15-16H,3-5,8-9,11H2,1-2H3. The Morgan fingerprint density at radius 2 is 1.90 bits per heavy atom. The van der Waals surface area contributed by atoms with Gasteiger partial charge in [-0.25, -0.2) is 0 Å². The van der Waals surface area contributed by atoms with Gasteiger partial charge in [0.25, 0.3) is 0 Å². The molecule has 2 aliphatic carbocycles. The molecule has 0 N–H and O–H groups in total. The van der Waals surface area contributed by atoms with Gasteiger partial charge in [0.2, 0.25) is 0 Å². The first-order valence-corrected chi connectivity index (χ1v) is 8.05. The molecule has 0 amide bonds. The Kier molecular flexibility index (Phi) is 3.85. The molecule has 2 atom stereocenters. The van der Waals surface area contributed by atoms with Crippen LogP contribution in [-0.2, 0) is 0 Å². The van der Waals surface area contributed by atoms with Crippen LogP contribution in [-0.4, -0.2) is 18.6 Å². The van der Waals surface area contributed by atoms with Gasteiger partial charge in [-0.1, -0.05) is 25.3 Å². The zero-order valence-corrected chi connectivity index (χ0v) is 13.1. The van der Waals surface area contributed by atoms with Crippen molar-refractivity contribution in [3.63, 3.8) is 0 Å². The molecule has 2 unspecified atom stereocenters. The van der Waals surface area contributed by atoms with Gasteiger partial charge in [0, 0.05) is 17.2 Å². The SMILES string of the molecule is COc1cc(C)ccc1OC1CC(Cl)C12CCCCC2. The highest BCUT2D eigenvalue weighted by Crippen LogP contribution is 2.56. The largest absolute Gasteiger partial charge is 0.493 e. The van der Waals surface area contributed by atoms with Crippen LogP contribution in [0.2, 0.25) is 0 Å². The number of hydrogen-bond donors (Lipinski definition) is 0. The highest BCUT2D eigenvalue weighted by molar-refractivity contribution is 6.21. The quantitative estimate of drug-likeness (QED) is 0.752. The first-order chi connectivity index (χ1) is 9.65. The Balaban J connectivity index is 1.78. The molecular formula is C17H23ClO2. The molecule has 0 saturated heterocycles. The number of halogens is 1. The van der Waals surface area contributed by atoms with E-state index in [9.17, 15) is 0 Å². The molecule has 0 bridgehead atoms. The minimum atomic E-state index is 0.204. The number of alkyl halides is 1. The van der Waals surface area contributed by atoms with Crippen molar-refractivity contribution in [2.75, 3.05) is 7.11 Å². The summed E-state index contributed by atoms with van der Waals surface area (Å²) in [5, 5.41) is 0.282. The zero-order valence-electron chi connectivity index (χ0n) is 12.3. The van der Waals surface area contributed by atoms with E-state index in [2.05, 4.69) is 13.0 Å². The highest BCUT2D eigenvalue weighted by Gasteiger charge is 2.56. The molecule has 1 spiro atoms. The van der Waals surface area contributed by atoms with Crippen LogP contribution in [0.25, 0.3) is 0 Å². The molecule has 20 heavy (non-hydrogen) atoms. The molecule has 2 saturated carbocycles. The average Bonchev–Trinajstić information content (AvgIpc) is 2.49. The van der Waals surface area contributed by atoms with E-state index < -0.39 is 0 Å². The van der Waals surface area contributed by atoms with E-state index in [0.29, 0.717) is 0 Å². The first kappa shape index (κ1) is 14.1. The van der Waals surface area contributed by atoms with E-state index >= 15 is 0 Å². The van der Waals surface area contributed by atoms with Crippen molar-refractivity contribution in [1.82, 2.24) is 0 Å². The van der Waals surface area contributed by atoms with Gasteiger partial charge in [-0.3, -0.25) is 0 Å². The summed E-state index contributed by atoms with van der Waals surface area (Å²) in [7, 11) is 1.70. The van der Waals surface area contributed by atoms with Crippen LogP contribution in [0.4, 0.5) is 0 Å². The summed E-state index contributed by atoms with van der Waals surface area (Å²) in [6.07, 6.45) is 7.54. The molecule has 3 rings (SSSR count). The van der Waals surface area contributed by atoms with E-state index in [4.69, 9.17) is 21.1 Å². The summed E-state index contributed by atoms with van der Waals surface area (Å²) in [4.78, 5) is 0. The Bertz CT molecular complexity index is 480. The minimum Gasteiger partial charge on any atom is -0.493 e. The minimum absolute atomic E-state index is 0.204. The third-order valence-corrected chi connectivity index (χ3v) is 5.67. The van der Waals surface area contributed by atoms with Crippen LogP contribution in [0.15, 0.2) is 18.2 Å². The molecule has 1 aromatic carbocycles. The van der Waals surface area contributed by atoms with Gasteiger partial charge < -0.3 is 9.47 Å². The fourth-order valence-electron chi connectivity index (χ4n) is 3.73. The number of ether oxygens (including phenoxy) is 2. The zero-order chi connectivity index (χ0) is 14.2. The van der Waals surface area contributed by atoms with Crippen LogP contribution in [0.3, 0.4) is 0 Å². The number of benzene rings is 1. The normalized spacial score (nSPS) is 27.9. The Morgan fingerprint density at radius 3 is 2.55 bits per heavy atom. The van der Waals surface area contributed by atoms with Crippen LogP contribution in [0.1, 0.15) is 44.1 Å². The smallest absolute Gasteiger partial charge is 0.161 e. The third kappa shape index (κ3) is 2.28. The fraction of sp³-hybridized carbons (Fsp3) is 0.647. The van der Waals surface area contributed by atoms with Gasteiger partial charge in [-0.15, -0.1) is 11.6 Å². The number of hydrogen-bond acceptors (Lipinski definition) is 2. The van der Waals surface area contributed by atoms with Crippen molar-refractivity contribution in [3.05, 3.63) is 23.8 Å². The molecular weight excluding hydrogens is 272 g/mol. The number of aryl methyl sites for hydroxylation is 1. The molecule has 3 heteroatoms. The maximum atomic E-state index is 6.53.